The van der Waals surface area contributed by atoms with E-state index >= 15 is 0 Å². The summed E-state index contributed by atoms with van der Waals surface area (Å²) in [5.74, 6) is 0. The van der Waals surface area contributed by atoms with E-state index in [2.05, 4.69) is 23.8 Å². The summed E-state index contributed by atoms with van der Waals surface area (Å²) in [6, 6.07) is 0.796. The number of hydrogen-bond donors (Lipinski definition) is 1. The molecular formula is C17H35N3. The lowest BCUT2D eigenvalue weighted by molar-refractivity contribution is 0.140. The van der Waals surface area contributed by atoms with Gasteiger partial charge in [-0.25, -0.2) is 0 Å². The maximum absolute atomic E-state index is 6.10. The van der Waals surface area contributed by atoms with E-state index in [-0.39, 0.29) is 0 Å². The van der Waals surface area contributed by atoms with E-state index in [1.165, 1.54) is 77.5 Å². The van der Waals surface area contributed by atoms with Crippen molar-refractivity contribution in [3.63, 3.8) is 0 Å². The Balaban J connectivity index is 1.75. The predicted octanol–water partition coefficient (Wildman–Crippen LogP) is 2.70. The Morgan fingerprint density at radius 1 is 1.20 bits per heavy atom. The summed E-state index contributed by atoms with van der Waals surface area (Å²) in [4.78, 5) is 5.21. The van der Waals surface area contributed by atoms with Crippen LogP contribution in [0.5, 0.6) is 0 Å². The molecule has 0 aromatic rings. The molecule has 118 valence electrons. The van der Waals surface area contributed by atoms with Gasteiger partial charge in [-0.05, 0) is 70.7 Å². The maximum atomic E-state index is 6.10. The van der Waals surface area contributed by atoms with Gasteiger partial charge < -0.3 is 10.6 Å². The van der Waals surface area contributed by atoms with Crippen molar-refractivity contribution in [3.8, 4) is 0 Å². The fourth-order valence-corrected chi connectivity index (χ4v) is 4.26. The van der Waals surface area contributed by atoms with Crippen molar-refractivity contribution in [1.82, 2.24) is 9.80 Å². The molecule has 0 amide bonds. The summed E-state index contributed by atoms with van der Waals surface area (Å²) in [5, 5.41) is 0. The van der Waals surface area contributed by atoms with E-state index in [0.717, 1.165) is 12.6 Å². The van der Waals surface area contributed by atoms with Crippen LogP contribution in [-0.2, 0) is 0 Å². The van der Waals surface area contributed by atoms with Crippen molar-refractivity contribution >= 4 is 0 Å². The van der Waals surface area contributed by atoms with E-state index in [0.29, 0.717) is 5.41 Å². The van der Waals surface area contributed by atoms with Crippen LogP contribution < -0.4 is 5.73 Å². The molecular weight excluding hydrogens is 246 g/mol. The van der Waals surface area contributed by atoms with Crippen molar-refractivity contribution in [1.29, 1.82) is 0 Å². The van der Waals surface area contributed by atoms with Gasteiger partial charge in [-0.2, -0.15) is 0 Å². The summed E-state index contributed by atoms with van der Waals surface area (Å²) in [6.07, 6.45) is 11.0. The Labute approximate surface area is 125 Å². The minimum atomic E-state index is 0.465. The van der Waals surface area contributed by atoms with Crippen molar-refractivity contribution in [2.45, 2.75) is 64.3 Å². The van der Waals surface area contributed by atoms with Gasteiger partial charge >= 0.3 is 0 Å². The molecule has 3 nitrogen and oxygen atoms in total. The lowest BCUT2D eigenvalue weighted by Crippen LogP contribution is -2.41. The lowest BCUT2D eigenvalue weighted by atomic mass is 9.72. The van der Waals surface area contributed by atoms with Gasteiger partial charge in [0.1, 0.15) is 0 Å². The first-order valence-electron chi connectivity index (χ1n) is 8.82. The number of likely N-dealkylation sites (tertiary alicyclic amines) is 1. The first-order valence-corrected chi connectivity index (χ1v) is 8.82. The molecule has 1 aliphatic carbocycles. The van der Waals surface area contributed by atoms with Crippen LogP contribution in [0.15, 0.2) is 0 Å². The summed E-state index contributed by atoms with van der Waals surface area (Å²) >= 11 is 0. The molecule has 2 fully saturated rings. The minimum Gasteiger partial charge on any atom is -0.330 e. The van der Waals surface area contributed by atoms with Crippen LogP contribution in [0, 0.1) is 5.41 Å². The van der Waals surface area contributed by atoms with Crippen LogP contribution in [0.3, 0.4) is 0 Å². The van der Waals surface area contributed by atoms with E-state index < -0.39 is 0 Å². The van der Waals surface area contributed by atoms with Crippen molar-refractivity contribution in [3.05, 3.63) is 0 Å². The molecule has 0 aromatic carbocycles. The number of rotatable bonds is 7. The summed E-state index contributed by atoms with van der Waals surface area (Å²) in [6.45, 7) is 8.18. The minimum absolute atomic E-state index is 0.465. The third-order valence-corrected chi connectivity index (χ3v) is 5.80. The molecule has 2 N–H and O–H groups in total. The highest BCUT2D eigenvalue weighted by Gasteiger charge is 2.31. The van der Waals surface area contributed by atoms with E-state index in [1.807, 2.05) is 0 Å². The second-order valence-corrected chi connectivity index (χ2v) is 7.20. The van der Waals surface area contributed by atoms with Gasteiger partial charge in [0.05, 0.1) is 0 Å². The summed E-state index contributed by atoms with van der Waals surface area (Å²) < 4.78 is 0. The molecule has 1 saturated carbocycles. The Morgan fingerprint density at radius 3 is 2.60 bits per heavy atom. The fraction of sp³-hybridized carbons (Fsp3) is 1.00. The van der Waals surface area contributed by atoms with E-state index in [1.54, 1.807) is 0 Å². The standard InChI is InChI=1S/C17H35N3/c1-3-20-12-7-8-16(20)14-19(2)13-11-17(15-18)9-5-4-6-10-17/h16H,3-15,18H2,1-2H3. The Morgan fingerprint density at radius 2 is 1.95 bits per heavy atom. The molecule has 0 spiro atoms. The normalized spacial score (nSPS) is 27.3. The quantitative estimate of drug-likeness (QED) is 0.779. The number of hydrogen-bond acceptors (Lipinski definition) is 3. The Bertz CT molecular complexity index is 273. The largest absolute Gasteiger partial charge is 0.330 e. The maximum Gasteiger partial charge on any atom is 0.0223 e. The van der Waals surface area contributed by atoms with Crippen molar-refractivity contribution in [2.24, 2.45) is 11.1 Å². The molecule has 0 bridgehead atoms. The smallest absolute Gasteiger partial charge is 0.0223 e. The zero-order valence-corrected chi connectivity index (χ0v) is 13.7. The Kier molecular flexibility index (Phi) is 6.31. The van der Waals surface area contributed by atoms with E-state index in [9.17, 15) is 0 Å². The fourth-order valence-electron chi connectivity index (χ4n) is 4.26. The van der Waals surface area contributed by atoms with Crippen LogP contribution in [0.2, 0.25) is 0 Å². The van der Waals surface area contributed by atoms with E-state index in [4.69, 9.17) is 5.73 Å². The number of nitrogens with zero attached hydrogens (tertiary/aromatic N) is 2. The molecule has 1 unspecified atom stereocenters. The van der Waals surface area contributed by atoms with Crippen molar-refractivity contribution in [2.75, 3.05) is 39.8 Å². The van der Waals surface area contributed by atoms with Crippen LogP contribution >= 0.6 is 0 Å². The average molecular weight is 281 g/mol. The first kappa shape index (κ1) is 16.3. The van der Waals surface area contributed by atoms with Crippen molar-refractivity contribution < 1.29 is 0 Å². The first-order chi connectivity index (χ1) is 9.69. The highest BCUT2D eigenvalue weighted by Crippen LogP contribution is 2.38. The van der Waals surface area contributed by atoms with Gasteiger partial charge in [-0.1, -0.05) is 26.2 Å². The topological polar surface area (TPSA) is 32.5 Å². The molecule has 20 heavy (non-hydrogen) atoms. The molecule has 3 heteroatoms. The predicted molar refractivity (Wildman–Crippen MR) is 87.0 cm³/mol. The van der Waals surface area contributed by atoms with Gasteiger partial charge in [0.15, 0.2) is 0 Å². The molecule has 1 heterocycles. The zero-order valence-electron chi connectivity index (χ0n) is 13.7. The number of nitrogens with two attached hydrogens (primary N) is 1. The van der Waals surface area contributed by atoms with Gasteiger partial charge in [0.2, 0.25) is 0 Å². The highest BCUT2D eigenvalue weighted by atomic mass is 15.2. The molecule has 0 radical (unpaired) electrons. The number of likely N-dealkylation sites (N-methyl/N-ethyl adjacent to an activating group) is 2. The van der Waals surface area contributed by atoms with Crippen LogP contribution in [0.4, 0.5) is 0 Å². The van der Waals surface area contributed by atoms with Crippen LogP contribution in [0.1, 0.15) is 58.3 Å². The monoisotopic (exact) mass is 281 g/mol. The molecule has 0 aromatic heterocycles. The molecule has 1 atom stereocenters. The average Bonchev–Trinajstić information content (AvgIpc) is 2.93. The SMILES string of the molecule is CCN1CCCC1CN(C)CCC1(CN)CCCCC1. The summed E-state index contributed by atoms with van der Waals surface area (Å²) in [7, 11) is 2.30. The van der Waals surface area contributed by atoms with Gasteiger partial charge in [-0.15, -0.1) is 0 Å². The molecule has 2 aliphatic rings. The summed E-state index contributed by atoms with van der Waals surface area (Å²) in [5.41, 5.74) is 6.57. The van der Waals surface area contributed by atoms with Gasteiger partial charge in [-0.3, -0.25) is 4.90 Å². The molecule has 1 saturated heterocycles. The molecule has 2 rings (SSSR count). The third kappa shape index (κ3) is 4.19. The van der Waals surface area contributed by atoms with Crippen LogP contribution in [0.25, 0.3) is 0 Å². The second kappa shape index (κ2) is 7.77. The molecule has 1 aliphatic heterocycles. The highest BCUT2D eigenvalue weighted by molar-refractivity contribution is 4.86. The zero-order chi connectivity index (χ0) is 14.4. The van der Waals surface area contributed by atoms with Gasteiger partial charge in [0, 0.05) is 12.6 Å². The van der Waals surface area contributed by atoms with Crippen LogP contribution in [-0.4, -0.2) is 55.6 Å². The lowest BCUT2D eigenvalue weighted by Gasteiger charge is -2.38. The Hall–Kier alpha value is -0.120. The second-order valence-electron chi connectivity index (χ2n) is 7.20. The van der Waals surface area contributed by atoms with Gasteiger partial charge in [0.25, 0.3) is 0 Å². The third-order valence-electron chi connectivity index (χ3n) is 5.80.